The van der Waals surface area contributed by atoms with Crippen LogP contribution in [-0.4, -0.2) is 40.6 Å². The van der Waals surface area contributed by atoms with Crippen LogP contribution in [0.3, 0.4) is 0 Å². The fourth-order valence-electron chi connectivity index (χ4n) is 1.41. The number of hydrogen-bond acceptors (Lipinski definition) is 4. The Balaban J connectivity index is 2.41. The summed E-state index contributed by atoms with van der Waals surface area (Å²) >= 11 is 6.13. The van der Waals surface area contributed by atoms with Gasteiger partial charge in [0, 0.05) is 27.3 Å². The Hall–Kier alpha value is -0.810. The van der Waals surface area contributed by atoms with Crippen molar-refractivity contribution in [2.24, 2.45) is 0 Å². The first-order valence-electron chi connectivity index (χ1n) is 5.87. The van der Waals surface area contributed by atoms with Crippen LogP contribution in [0.25, 0.3) is 0 Å². The van der Waals surface area contributed by atoms with Gasteiger partial charge in [-0.05, 0) is 17.7 Å². The highest BCUT2D eigenvalue weighted by atomic mass is 35.5. The Morgan fingerprint density at radius 2 is 1.89 bits per heavy atom. The molecule has 0 bridgehead atoms. The fourth-order valence-corrected chi connectivity index (χ4v) is 1.67. The summed E-state index contributed by atoms with van der Waals surface area (Å²) in [5.74, 6) is 0.689. The van der Waals surface area contributed by atoms with E-state index in [-0.39, 0.29) is 0 Å². The lowest BCUT2D eigenvalue weighted by Crippen LogP contribution is -2.18. The molecule has 0 radical (unpaired) electrons. The summed E-state index contributed by atoms with van der Waals surface area (Å²) in [4.78, 5) is 0. The van der Waals surface area contributed by atoms with Gasteiger partial charge in [-0.15, -0.1) is 0 Å². The van der Waals surface area contributed by atoms with Gasteiger partial charge in [0.1, 0.15) is 12.4 Å². The summed E-state index contributed by atoms with van der Waals surface area (Å²) in [6.07, 6.45) is 0. The Labute approximate surface area is 113 Å². The van der Waals surface area contributed by atoms with Crippen molar-refractivity contribution in [2.45, 2.75) is 6.54 Å². The van der Waals surface area contributed by atoms with Crippen molar-refractivity contribution < 1.29 is 14.2 Å². The molecule has 0 aliphatic rings. The molecule has 0 spiro atoms. The summed E-state index contributed by atoms with van der Waals surface area (Å²) in [6.45, 7) is 3.34. The van der Waals surface area contributed by atoms with Crippen LogP contribution < -0.4 is 10.1 Å². The van der Waals surface area contributed by atoms with Gasteiger partial charge >= 0.3 is 0 Å². The Kier molecular flexibility index (Phi) is 7.76. The van der Waals surface area contributed by atoms with Crippen molar-refractivity contribution in [3.63, 3.8) is 0 Å². The maximum absolute atomic E-state index is 6.13. The number of nitrogens with one attached hydrogen (secondary N) is 1. The second-order valence-corrected chi connectivity index (χ2v) is 4.18. The number of ether oxygens (including phenoxy) is 3. The SMILES string of the molecule is COCCNCc1ccc(OCCOC)c(Cl)c1. The van der Waals surface area contributed by atoms with Gasteiger partial charge < -0.3 is 19.5 Å². The van der Waals surface area contributed by atoms with Crippen LogP contribution in [-0.2, 0) is 16.0 Å². The zero-order chi connectivity index (χ0) is 13.2. The molecule has 1 rings (SSSR count). The smallest absolute Gasteiger partial charge is 0.138 e. The normalized spacial score (nSPS) is 10.6. The summed E-state index contributed by atoms with van der Waals surface area (Å²) in [6, 6.07) is 5.78. The van der Waals surface area contributed by atoms with Crippen LogP contribution in [0.2, 0.25) is 5.02 Å². The Bertz CT molecular complexity index is 347. The molecule has 0 saturated heterocycles. The summed E-state index contributed by atoms with van der Waals surface area (Å²) < 4.78 is 15.3. The number of methoxy groups -OCH3 is 2. The number of benzene rings is 1. The molecule has 1 N–H and O–H groups in total. The van der Waals surface area contributed by atoms with Crippen molar-refractivity contribution in [1.82, 2.24) is 5.32 Å². The molecule has 0 aliphatic heterocycles. The molecule has 1 aromatic carbocycles. The molecular formula is C13H20ClNO3. The second kappa shape index (κ2) is 9.16. The van der Waals surface area contributed by atoms with E-state index in [9.17, 15) is 0 Å². The first-order valence-corrected chi connectivity index (χ1v) is 6.25. The maximum Gasteiger partial charge on any atom is 0.138 e. The van der Waals surface area contributed by atoms with Crippen LogP contribution in [0.4, 0.5) is 0 Å². The van der Waals surface area contributed by atoms with E-state index in [0.29, 0.717) is 30.6 Å². The third-order valence-corrected chi connectivity index (χ3v) is 2.65. The van der Waals surface area contributed by atoms with Gasteiger partial charge in [-0.2, -0.15) is 0 Å². The van der Waals surface area contributed by atoms with Crippen molar-refractivity contribution in [3.8, 4) is 5.75 Å². The van der Waals surface area contributed by atoms with Gasteiger partial charge in [-0.1, -0.05) is 17.7 Å². The molecule has 4 nitrogen and oxygen atoms in total. The van der Waals surface area contributed by atoms with Gasteiger partial charge in [0.05, 0.1) is 18.2 Å². The summed E-state index contributed by atoms with van der Waals surface area (Å²) in [5, 5.41) is 3.88. The highest BCUT2D eigenvalue weighted by Gasteiger charge is 2.03. The van der Waals surface area contributed by atoms with Crippen LogP contribution in [0, 0.1) is 0 Å². The fraction of sp³-hybridized carbons (Fsp3) is 0.538. The molecule has 0 amide bonds. The van der Waals surface area contributed by atoms with Crippen LogP contribution >= 0.6 is 11.6 Å². The lowest BCUT2D eigenvalue weighted by Gasteiger charge is -2.09. The molecule has 0 fully saturated rings. The molecule has 18 heavy (non-hydrogen) atoms. The van der Waals surface area contributed by atoms with Crippen molar-refractivity contribution in [2.75, 3.05) is 40.6 Å². The van der Waals surface area contributed by atoms with Gasteiger partial charge in [0.25, 0.3) is 0 Å². The average Bonchev–Trinajstić information content (AvgIpc) is 2.37. The molecular weight excluding hydrogens is 254 g/mol. The first kappa shape index (κ1) is 15.2. The molecule has 102 valence electrons. The largest absolute Gasteiger partial charge is 0.490 e. The second-order valence-electron chi connectivity index (χ2n) is 3.78. The minimum absolute atomic E-state index is 0.502. The first-order chi connectivity index (χ1) is 8.77. The topological polar surface area (TPSA) is 39.7 Å². The highest BCUT2D eigenvalue weighted by Crippen LogP contribution is 2.25. The molecule has 0 atom stereocenters. The van der Waals surface area contributed by atoms with Crippen molar-refractivity contribution in [3.05, 3.63) is 28.8 Å². The van der Waals surface area contributed by atoms with E-state index >= 15 is 0 Å². The number of rotatable bonds is 9. The lowest BCUT2D eigenvalue weighted by atomic mass is 10.2. The minimum Gasteiger partial charge on any atom is -0.490 e. The van der Waals surface area contributed by atoms with Gasteiger partial charge in [0.15, 0.2) is 0 Å². The Morgan fingerprint density at radius 1 is 1.11 bits per heavy atom. The molecule has 0 aromatic heterocycles. The zero-order valence-corrected chi connectivity index (χ0v) is 11.6. The van der Waals surface area contributed by atoms with E-state index in [2.05, 4.69) is 5.32 Å². The molecule has 0 aliphatic carbocycles. The van der Waals surface area contributed by atoms with Crippen LogP contribution in [0.1, 0.15) is 5.56 Å². The van der Waals surface area contributed by atoms with E-state index in [0.717, 1.165) is 18.7 Å². The Morgan fingerprint density at radius 3 is 2.56 bits per heavy atom. The van der Waals surface area contributed by atoms with Crippen molar-refractivity contribution in [1.29, 1.82) is 0 Å². The monoisotopic (exact) mass is 273 g/mol. The van der Waals surface area contributed by atoms with E-state index in [4.69, 9.17) is 25.8 Å². The minimum atomic E-state index is 0.502. The number of halogens is 1. The van der Waals surface area contributed by atoms with E-state index in [1.54, 1.807) is 14.2 Å². The third-order valence-electron chi connectivity index (χ3n) is 2.35. The standard InChI is InChI=1S/C13H20ClNO3/c1-16-6-5-15-10-11-3-4-13(12(14)9-11)18-8-7-17-2/h3-4,9,15H,5-8,10H2,1-2H3. The van der Waals surface area contributed by atoms with Gasteiger partial charge in [-0.3, -0.25) is 0 Å². The van der Waals surface area contributed by atoms with E-state index in [1.807, 2.05) is 18.2 Å². The van der Waals surface area contributed by atoms with Gasteiger partial charge in [-0.25, -0.2) is 0 Å². The van der Waals surface area contributed by atoms with Crippen LogP contribution in [0.15, 0.2) is 18.2 Å². The van der Waals surface area contributed by atoms with Crippen molar-refractivity contribution >= 4 is 11.6 Å². The lowest BCUT2D eigenvalue weighted by molar-refractivity contribution is 0.146. The molecule has 0 heterocycles. The van der Waals surface area contributed by atoms with E-state index in [1.165, 1.54) is 0 Å². The van der Waals surface area contributed by atoms with Gasteiger partial charge in [0.2, 0.25) is 0 Å². The third kappa shape index (κ3) is 5.69. The predicted molar refractivity (Wildman–Crippen MR) is 72.4 cm³/mol. The van der Waals surface area contributed by atoms with E-state index < -0.39 is 0 Å². The molecule has 1 aromatic rings. The highest BCUT2D eigenvalue weighted by molar-refractivity contribution is 6.32. The number of hydrogen-bond donors (Lipinski definition) is 1. The molecule has 0 unspecified atom stereocenters. The maximum atomic E-state index is 6.13. The predicted octanol–water partition coefficient (Wildman–Crippen LogP) is 2.10. The quantitative estimate of drug-likeness (QED) is 0.700. The zero-order valence-electron chi connectivity index (χ0n) is 10.9. The molecule has 5 heteroatoms. The summed E-state index contributed by atoms with van der Waals surface area (Å²) in [5.41, 5.74) is 1.12. The molecule has 0 saturated carbocycles. The summed E-state index contributed by atoms with van der Waals surface area (Å²) in [7, 11) is 3.32. The van der Waals surface area contributed by atoms with Crippen LogP contribution in [0.5, 0.6) is 5.75 Å². The average molecular weight is 274 g/mol.